The molecule has 3 N–H and O–H groups in total. The first-order chi connectivity index (χ1) is 10.3. The van der Waals surface area contributed by atoms with Gasteiger partial charge in [-0.25, -0.2) is 0 Å². The van der Waals surface area contributed by atoms with Crippen molar-refractivity contribution in [2.45, 2.75) is 25.7 Å². The summed E-state index contributed by atoms with van der Waals surface area (Å²) < 4.78 is 5.55. The minimum Gasteiger partial charge on any atom is -0.381 e. The summed E-state index contributed by atoms with van der Waals surface area (Å²) in [6.45, 7) is 2.64. The third-order valence-electron chi connectivity index (χ3n) is 3.80. The largest absolute Gasteiger partial charge is 0.381 e. The van der Waals surface area contributed by atoms with Crippen LogP contribution in [-0.2, 0) is 16.0 Å². The molecular weight excluding hydrogens is 264 g/mol. The van der Waals surface area contributed by atoms with Crippen LogP contribution in [-0.4, -0.2) is 32.2 Å². The van der Waals surface area contributed by atoms with E-state index in [1.54, 1.807) is 0 Å². The molecular formula is C17H26N2O2. The van der Waals surface area contributed by atoms with Crippen LogP contribution >= 0.6 is 0 Å². The molecule has 0 aliphatic heterocycles. The monoisotopic (exact) mass is 290 g/mol. The quantitative estimate of drug-likeness (QED) is 0.645. The lowest BCUT2D eigenvalue weighted by molar-refractivity contribution is -0.124. The van der Waals surface area contributed by atoms with Gasteiger partial charge in [-0.1, -0.05) is 30.3 Å². The number of ether oxygens (including phenoxy) is 1. The van der Waals surface area contributed by atoms with E-state index in [4.69, 9.17) is 10.5 Å². The maximum Gasteiger partial charge on any atom is 0.224 e. The molecule has 21 heavy (non-hydrogen) atoms. The van der Waals surface area contributed by atoms with Crippen molar-refractivity contribution in [1.29, 1.82) is 0 Å². The summed E-state index contributed by atoms with van der Waals surface area (Å²) in [5.41, 5.74) is 6.88. The summed E-state index contributed by atoms with van der Waals surface area (Å²) >= 11 is 0. The highest BCUT2D eigenvalue weighted by Gasteiger charge is 2.21. The van der Waals surface area contributed by atoms with Gasteiger partial charge < -0.3 is 15.8 Å². The van der Waals surface area contributed by atoms with Crippen molar-refractivity contribution in [3.05, 3.63) is 35.9 Å². The number of carbonyl (C=O) groups excluding carboxylic acids is 1. The molecule has 0 heterocycles. The fraction of sp³-hybridized carbons (Fsp3) is 0.588. The Bertz CT molecular complexity index is 418. The van der Waals surface area contributed by atoms with E-state index in [1.165, 1.54) is 12.8 Å². The fourth-order valence-electron chi connectivity index (χ4n) is 2.25. The van der Waals surface area contributed by atoms with E-state index in [0.717, 1.165) is 31.1 Å². The van der Waals surface area contributed by atoms with E-state index in [-0.39, 0.29) is 11.8 Å². The van der Waals surface area contributed by atoms with Gasteiger partial charge in [-0.05, 0) is 37.2 Å². The van der Waals surface area contributed by atoms with Gasteiger partial charge in [-0.2, -0.15) is 0 Å². The zero-order valence-electron chi connectivity index (χ0n) is 12.6. The van der Waals surface area contributed by atoms with E-state index in [9.17, 15) is 4.79 Å². The number of amides is 1. The molecule has 1 saturated carbocycles. The number of carbonyl (C=O) groups is 1. The summed E-state index contributed by atoms with van der Waals surface area (Å²) in [6, 6.07) is 10.0. The Morgan fingerprint density at radius 1 is 1.33 bits per heavy atom. The second-order valence-electron chi connectivity index (χ2n) is 5.79. The molecule has 0 aromatic heterocycles. The van der Waals surface area contributed by atoms with Gasteiger partial charge in [0.15, 0.2) is 0 Å². The number of rotatable bonds is 10. The second kappa shape index (κ2) is 8.80. The molecule has 2 rings (SSSR count). The van der Waals surface area contributed by atoms with Crippen LogP contribution in [0.15, 0.2) is 30.3 Å². The van der Waals surface area contributed by atoms with Crippen molar-refractivity contribution < 1.29 is 9.53 Å². The first kappa shape index (κ1) is 16.0. The zero-order valence-corrected chi connectivity index (χ0v) is 12.6. The molecule has 1 unspecified atom stereocenters. The zero-order chi connectivity index (χ0) is 14.9. The molecule has 0 radical (unpaired) electrons. The molecule has 0 saturated heterocycles. The van der Waals surface area contributed by atoms with Crippen molar-refractivity contribution in [2.75, 3.05) is 26.3 Å². The molecule has 116 valence electrons. The van der Waals surface area contributed by atoms with Crippen LogP contribution < -0.4 is 11.1 Å². The predicted octanol–water partition coefficient (Wildman–Crippen LogP) is 1.74. The summed E-state index contributed by atoms with van der Waals surface area (Å²) in [7, 11) is 0. The summed E-state index contributed by atoms with van der Waals surface area (Å²) in [5, 5.41) is 2.96. The van der Waals surface area contributed by atoms with Crippen LogP contribution in [0, 0.1) is 11.8 Å². The molecule has 4 heteroatoms. The third-order valence-corrected chi connectivity index (χ3v) is 3.80. The molecule has 1 amide bonds. The highest BCUT2D eigenvalue weighted by Crippen LogP contribution is 2.28. The minimum atomic E-state index is -0.153. The number of hydrogen-bond donors (Lipinski definition) is 2. The summed E-state index contributed by atoms with van der Waals surface area (Å²) in [6.07, 6.45) is 4.19. The average molecular weight is 290 g/mol. The molecule has 4 nitrogen and oxygen atoms in total. The Morgan fingerprint density at radius 3 is 2.76 bits per heavy atom. The first-order valence-corrected chi connectivity index (χ1v) is 7.89. The van der Waals surface area contributed by atoms with Crippen LogP contribution in [0.5, 0.6) is 0 Å². The lowest BCUT2D eigenvalue weighted by Crippen LogP contribution is -2.37. The summed E-state index contributed by atoms with van der Waals surface area (Å²) in [5.74, 6) is 0.690. The Morgan fingerprint density at radius 2 is 2.10 bits per heavy atom. The SMILES string of the molecule is NCC(Cc1ccccc1)C(=O)NCCCOCC1CC1. The van der Waals surface area contributed by atoms with Crippen LogP contribution in [0.3, 0.4) is 0 Å². The van der Waals surface area contributed by atoms with Crippen molar-refractivity contribution in [1.82, 2.24) is 5.32 Å². The normalized spacial score (nSPS) is 15.7. The van der Waals surface area contributed by atoms with Gasteiger partial charge in [-0.15, -0.1) is 0 Å². The molecule has 0 spiro atoms. The second-order valence-corrected chi connectivity index (χ2v) is 5.79. The number of nitrogens with two attached hydrogens (primary N) is 1. The minimum absolute atomic E-state index is 0.0449. The standard InChI is InChI=1S/C17H26N2O2/c18-12-16(11-14-5-2-1-3-6-14)17(20)19-9-4-10-21-13-15-7-8-15/h1-3,5-6,15-16H,4,7-13,18H2,(H,19,20). The Kier molecular flexibility index (Phi) is 6.70. The Balaban J connectivity index is 1.60. The van der Waals surface area contributed by atoms with Crippen molar-refractivity contribution >= 4 is 5.91 Å². The first-order valence-electron chi connectivity index (χ1n) is 7.89. The summed E-state index contributed by atoms with van der Waals surface area (Å²) in [4.78, 5) is 12.1. The number of nitrogens with one attached hydrogen (secondary N) is 1. The van der Waals surface area contributed by atoms with Crippen LogP contribution in [0.25, 0.3) is 0 Å². The molecule has 1 aliphatic carbocycles. The highest BCUT2D eigenvalue weighted by atomic mass is 16.5. The van der Waals surface area contributed by atoms with Crippen LogP contribution in [0.1, 0.15) is 24.8 Å². The maximum absolute atomic E-state index is 12.1. The lowest BCUT2D eigenvalue weighted by Gasteiger charge is -2.15. The third kappa shape index (κ3) is 6.27. The van der Waals surface area contributed by atoms with Crippen molar-refractivity contribution in [2.24, 2.45) is 17.6 Å². The van der Waals surface area contributed by atoms with Gasteiger partial charge in [0, 0.05) is 26.3 Å². The number of benzene rings is 1. The van der Waals surface area contributed by atoms with Crippen LogP contribution in [0.2, 0.25) is 0 Å². The van der Waals surface area contributed by atoms with E-state index in [0.29, 0.717) is 19.5 Å². The van der Waals surface area contributed by atoms with Gasteiger partial charge in [0.25, 0.3) is 0 Å². The van der Waals surface area contributed by atoms with Gasteiger partial charge in [0.2, 0.25) is 5.91 Å². The predicted molar refractivity (Wildman–Crippen MR) is 83.9 cm³/mol. The Hall–Kier alpha value is -1.39. The van der Waals surface area contributed by atoms with Crippen molar-refractivity contribution in [3.63, 3.8) is 0 Å². The van der Waals surface area contributed by atoms with E-state index in [1.807, 2.05) is 30.3 Å². The molecule has 1 aromatic carbocycles. The molecule has 1 aliphatic rings. The topological polar surface area (TPSA) is 64.4 Å². The molecule has 1 atom stereocenters. The molecule has 1 fully saturated rings. The smallest absolute Gasteiger partial charge is 0.224 e. The van der Waals surface area contributed by atoms with Gasteiger partial charge in [-0.3, -0.25) is 4.79 Å². The lowest BCUT2D eigenvalue weighted by atomic mass is 9.98. The van der Waals surface area contributed by atoms with Gasteiger partial charge >= 0.3 is 0 Å². The number of hydrogen-bond acceptors (Lipinski definition) is 3. The Labute approximate surface area is 127 Å². The van der Waals surface area contributed by atoms with E-state index < -0.39 is 0 Å². The maximum atomic E-state index is 12.1. The van der Waals surface area contributed by atoms with Gasteiger partial charge in [0.1, 0.15) is 0 Å². The molecule has 0 bridgehead atoms. The highest BCUT2D eigenvalue weighted by molar-refractivity contribution is 5.79. The molecule has 1 aromatic rings. The van der Waals surface area contributed by atoms with Crippen LogP contribution in [0.4, 0.5) is 0 Å². The van der Waals surface area contributed by atoms with Gasteiger partial charge in [0.05, 0.1) is 5.92 Å². The van der Waals surface area contributed by atoms with Crippen molar-refractivity contribution in [3.8, 4) is 0 Å². The van der Waals surface area contributed by atoms with E-state index >= 15 is 0 Å². The average Bonchev–Trinajstić information content (AvgIpc) is 3.33. The fourth-order valence-corrected chi connectivity index (χ4v) is 2.25. The van der Waals surface area contributed by atoms with E-state index in [2.05, 4.69) is 5.32 Å².